The third-order valence-electron chi connectivity index (χ3n) is 5.29. The van der Waals surface area contributed by atoms with E-state index >= 15 is 0 Å². The van der Waals surface area contributed by atoms with Crippen LogP contribution in [0.5, 0.6) is 0 Å². The summed E-state index contributed by atoms with van der Waals surface area (Å²) in [4.78, 5) is 2.75. The van der Waals surface area contributed by atoms with Gasteiger partial charge in [-0.1, -0.05) is 6.92 Å². The van der Waals surface area contributed by atoms with Gasteiger partial charge in [0.25, 0.3) is 0 Å². The fourth-order valence-electron chi connectivity index (χ4n) is 3.59. The van der Waals surface area contributed by atoms with Gasteiger partial charge in [0, 0.05) is 44.5 Å². The molecule has 4 nitrogen and oxygen atoms in total. The minimum Gasteiger partial charge on any atom is -0.311 e. The van der Waals surface area contributed by atoms with Crippen molar-refractivity contribution in [3.63, 3.8) is 0 Å². The Balaban J connectivity index is 1.66. The second kappa shape index (κ2) is 5.49. The molecule has 112 valence electrons. The maximum Gasteiger partial charge on any atom is 0.0522 e. The molecule has 1 N–H and O–H groups in total. The van der Waals surface area contributed by atoms with Gasteiger partial charge in [-0.15, -0.1) is 0 Å². The summed E-state index contributed by atoms with van der Waals surface area (Å²) in [6.07, 6.45) is 9.33. The molecular weight excluding hydrogens is 248 g/mol. The maximum atomic E-state index is 4.28. The van der Waals surface area contributed by atoms with Gasteiger partial charge < -0.3 is 5.32 Å². The molecule has 0 spiro atoms. The lowest BCUT2D eigenvalue weighted by Crippen LogP contribution is -2.64. The molecule has 2 fully saturated rings. The average molecular weight is 276 g/mol. The second-order valence-electron chi connectivity index (χ2n) is 6.84. The molecule has 0 aromatic carbocycles. The first-order chi connectivity index (χ1) is 9.61. The van der Waals surface area contributed by atoms with Gasteiger partial charge in [0.1, 0.15) is 0 Å². The average Bonchev–Trinajstić information content (AvgIpc) is 3.22. The fourth-order valence-corrected chi connectivity index (χ4v) is 3.59. The summed E-state index contributed by atoms with van der Waals surface area (Å²) in [6, 6.07) is 0.663. The molecule has 2 heterocycles. The first kappa shape index (κ1) is 14.1. The first-order valence-corrected chi connectivity index (χ1v) is 8.08. The molecule has 0 radical (unpaired) electrons. The largest absolute Gasteiger partial charge is 0.311 e. The maximum absolute atomic E-state index is 4.28. The molecule has 20 heavy (non-hydrogen) atoms. The number of hydrogen-bond acceptors (Lipinski definition) is 3. The molecule has 2 unspecified atom stereocenters. The van der Waals surface area contributed by atoms with Crippen LogP contribution in [0.1, 0.15) is 38.7 Å². The number of aryl methyl sites for hydroxylation is 1. The lowest BCUT2D eigenvalue weighted by atomic mass is 9.88. The van der Waals surface area contributed by atoms with Crippen LogP contribution < -0.4 is 5.32 Å². The number of aromatic nitrogens is 2. The fraction of sp³-hybridized carbons (Fsp3) is 0.812. The minimum absolute atomic E-state index is 0.369. The topological polar surface area (TPSA) is 33.1 Å². The zero-order valence-electron chi connectivity index (χ0n) is 13.1. The van der Waals surface area contributed by atoms with E-state index in [9.17, 15) is 0 Å². The lowest BCUT2D eigenvalue weighted by Gasteiger charge is -2.48. The molecule has 0 amide bonds. The summed E-state index contributed by atoms with van der Waals surface area (Å²) in [5.41, 5.74) is 1.73. The van der Waals surface area contributed by atoms with E-state index < -0.39 is 0 Å². The normalized spacial score (nSPS) is 31.6. The first-order valence-electron chi connectivity index (χ1n) is 8.08. The van der Waals surface area contributed by atoms with Gasteiger partial charge in [0.05, 0.1) is 6.20 Å². The van der Waals surface area contributed by atoms with E-state index in [1.807, 2.05) is 17.9 Å². The van der Waals surface area contributed by atoms with Gasteiger partial charge in [-0.25, -0.2) is 0 Å². The Labute approximate surface area is 122 Å². The van der Waals surface area contributed by atoms with Crippen LogP contribution >= 0.6 is 0 Å². The molecule has 1 saturated carbocycles. The molecular formula is C16H28N4. The zero-order valence-corrected chi connectivity index (χ0v) is 13.1. The summed E-state index contributed by atoms with van der Waals surface area (Å²) < 4.78 is 1.90. The van der Waals surface area contributed by atoms with Crippen LogP contribution in [0.3, 0.4) is 0 Å². The quantitative estimate of drug-likeness (QED) is 0.890. The smallest absolute Gasteiger partial charge is 0.0522 e. The van der Waals surface area contributed by atoms with Gasteiger partial charge in [-0.05, 0) is 44.1 Å². The van der Waals surface area contributed by atoms with Crippen LogP contribution in [-0.2, 0) is 13.5 Å². The Hall–Kier alpha value is -0.870. The van der Waals surface area contributed by atoms with Crippen LogP contribution in [0.4, 0.5) is 0 Å². The highest BCUT2D eigenvalue weighted by Gasteiger charge is 2.47. The zero-order chi connectivity index (χ0) is 14.2. The molecule has 3 rings (SSSR count). The van der Waals surface area contributed by atoms with Crippen LogP contribution in [0, 0.1) is 5.92 Å². The van der Waals surface area contributed by atoms with Crippen LogP contribution in [0.15, 0.2) is 12.4 Å². The number of hydrogen-bond donors (Lipinski definition) is 1. The molecule has 0 bridgehead atoms. The van der Waals surface area contributed by atoms with Crippen molar-refractivity contribution in [2.75, 3.05) is 19.6 Å². The van der Waals surface area contributed by atoms with Crippen molar-refractivity contribution in [2.24, 2.45) is 13.0 Å². The van der Waals surface area contributed by atoms with Crippen molar-refractivity contribution in [2.45, 2.75) is 51.1 Å². The molecule has 1 aliphatic carbocycles. The number of nitrogens with one attached hydrogen (secondary N) is 1. The van der Waals surface area contributed by atoms with Crippen molar-refractivity contribution >= 4 is 0 Å². The Bertz CT molecular complexity index is 451. The van der Waals surface area contributed by atoms with Crippen molar-refractivity contribution < 1.29 is 0 Å². The molecule has 1 aromatic heterocycles. The third-order valence-corrected chi connectivity index (χ3v) is 5.29. The standard InChI is InChI=1S/C16H28N4/c1-4-15-11-20(8-7-13-9-18-19(3)10-13)16(2,12-17-15)14-5-6-14/h9-10,14-15,17H,4-8,11-12H2,1-3H3. The SMILES string of the molecule is CCC1CN(CCc2cnn(C)c2)C(C)(C2CC2)CN1. The Morgan fingerprint density at radius 1 is 1.45 bits per heavy atom. The van der Waals surface area contributed by atoms with Gasteiger partial charge in [-0.2, -0.15) is 5.10 Å². The van der Waals surface area contributed by atoms with Crippen LogP contribution in [-0.4, -0.2) is 45.9 Å². The van der Waals surface area contributed by atoms with Crippen molar-refractivity contribution in [1.82, 2.24) is 20.0 Å². The summed E-state index contributed by atoms with van der Waals surface area (Å²) in [6.45, 7) is 8.27. The predicted molar refractivity (Wildman–Crippen MR) is 81.7 cm³/mol. The summed E-state index contributed by atoms with van der Waals surface area (Å²) >= 11 is 0. The van der Waals surface area contributed by atoms with E-state index in [1.54, 1.807) is 0 Å². The van der Waals surface area contributed by atoms with E-state index in [0.29, 0.717) is 11.6 Å². The summed E-state index contributed by atoms with van der Waals surface area (Å²) in [5, 5.41) is 8.04. The number of piperazine rings is 1. The van der Waals surface area contributed by atoms with E-state index in [4.69, 9.17) is 0 Å². The highest BCUT2D eigenvalue weighted by atomic mass is 15.3. The van der Waals surface area contributed by atoms with E-state index in [-0.39, 0.29) is 0 Å². The van der Waals surface area contributed by atoms with Gasteiger partial charge in [-0.3, -0.25) is 9.58 Å². The Morgan fingerprint density at radius 3 is 2.85 bits per heavy atom. The molecule has 1 aromatic rings. The summed E-state index contributed by atoms with van der Waals surface area (Å²) in [5.74, 6) is 0.904. The Morgan fingerprint density at radius 2 is 2.25 bits per heavy atom. The molecule has 2 atom stereocenters. The van der Waals surface area contributed by atoms with Crippen LogP contribution in [0.2, 0.25) is 0 Å². The predicted octanol–water partition coefficient (Wildman–Crippen LogP) is 1.82. The van der Waals surface area contributed by atoms with Crippen molar-refractivity contribution in [3.8, 4) is 0 Å². The van der Waals surface area contributed by atoms with Crippen molar-refractivity contribution in [3.05, 3.63) is 18.0 Å². The monoisotopic (exact) mass is 276 g/mol. The minimum atomic E-state index is 0.369. The second-order valence-corrected chi connectivity index (χ2v) is 6.84. The highest BCUT2D eigenvalue weighted by molar-refractivity contribution is 5.08. The lowest BCUT2D eigenvalue weighted by molar-refractivity contribution is 0.0352. The number of rotatable bonds is 5. The molecule has 4 heteroatoms. The molecule has 2 aliphatic rings. The highest BCUT2D eigenvalue weighted by Crippen LogP contribution is 2.44. The van der Waals surface area contributed by atoms with E-state index in [1.165, 1.54) is 31.4 Å². The van der Waals surface area contributed by atoms with E-state index in [0.717, 1.165) is 25.4 Å². The Kier molecular flexibility index (Phi) is 3.87. The summed E-state index contributed by atoms with van der Waals surface area (Å²) in [7, 11) is 2.00. The van der Waals surface area contributed by atoms with Gasteiger partial charge in [0.2, 0.25) is 0 Å². The molecule has 1 aliphatic heterocycles. The van der Waals surface area contributed by atoms with Gasteiger partial charge in [0.15, 0.2) is 0 Å². The molecule has 1 saturated heterocycles. The van der Waals surface area contributed by atoms with Gasteiger partial charge >= 0.3 is 0 Å². The third kappa shape index (κ3) is 2.77. The van der Waals surface area contributed by atoms with Crippen LogP contribution in [0.25, 0.3) is 0 Å². The van der Waals surface area contributed by atoms with E-state index in [2.05, 4.69) is 35.4 Å². The van der Waals surface area contributed by atoms with Crippen molar-refractivity contribution in [1.29, 1.82) is 0 Å². The number of nitrogens with zero attached hydrogens (tertiary/aromatic N) is 3.